The Hall–Kier alpha value is -3.73. The number of aliphatic carboxylic acids is 1. The van der Waals surface area contributed by atoms with Crippen LogP contribution in [-0.4, -0.2) is 106 Å². The second-order valence-electron chi connectivity index (χ2n) is 9.39. The molecule has 0 saturated heterocycles. The molecule has 41 heavy (non-hydrogen) atoms. The molecule has 2 amide bonds. The number of carboxylic acid groups (broad SMARTS) is 1. The zero-order chi connectivity index (χ0) is 31.0. The third-order valence-electron chi connectivity index (χ3n) is 4.91. The maximum absolute atomic E-state index is 12.5. The van der Waals surface area contributed by atoms with E-state index in [1.165, 1.54) is 4.90 Å². The molecule has 15 nitrogen and oxygen atoms in total. The topological polar surface area (TPSA) is 199 Å². The van der Waals surface area contributed by atoms with E-state index in [9.17, 15) is 22.8 Å². The van der Waals surface area contributed by atoms with Gasteiger partial charge >= 0.3 is 12.1 Å². The quantitative estimate of drug-likeness (QED) is 0.0804. The number of nitrogens with one attached hydrogen (secondary N) is 1. The van der Waals surface area contributed by atoms with Gasteiger partial charge in [0.15, 0.2) is 0 Å². The van der Waals surface area contributed by atoms with Crippen molar-refractivity contribution in [1.82, 2.24) is 9.21 Å². The number of aliphatic imine (C=N–C) groups is 1. The molecule has 0 saturated carbocycles. The van der Waals surface area contributed by atoms with E-state index in [4.69, 9.17) is 29.8 Å². The molecule has 0 aliphatic heterocycles. The maximum Gasteiger partial charge on any atom is 0.410 e. The highest BCUT2D eigenvalue weighted by Gasteiger charge is 2.22. The maximum atomic E-state index is 12.5. The minimum Gasteiger partial charge on any atom is -0.489 e. The zero-order valence-electron chi connectivity index (χ0n) is 23.7. The van der Waals surface area contributed by atoms with E-state index in [0.29, 0.717) is 17.0 Å². The fraction of sp³-hybridized carbons (Fsp3) is 0.520. The van der Waals surface area contributed by atoms with Crippen LogP contribution in [0.1, 0.15) is 26.3 Å². The van der Waals surface area contributed by atoms with E-state index in [1.54, 1.807) is 46.0 Å². The van der Waals surface area contributed by atoms with Gasteiger partial charge in [-0.3, -0.25) is 14.6 Å². The summed E-state index contributed by atoms with van der Waals surface area (Å²) in [5.41, 5.74) is 5.54. The van der Waals surface area contributed by atoms with Crippen LogP contribution < -0.4 is 15.8 Å². The van der Waals surface area contributed by atoms with Gasteiger partial charge in [-0.1, -0.05) is 12.1 Å². The summed E-state index contributed by atoms with van der Waals surface area (Å²) in [4.78, 5) is 40.7. The first-order valence-electron chi connectivity index (χ1n) is 12.4. The van der Waals surface area contributed by atoms with Crippen molar-refractivity contribution in [1.29, 1.82) is 0 Å². The average Bonchev–Trinajstić information content (AvgIpc) is 2.87. The molecule has 16 heteroatoms. The van der Waals surface area contributed by atoms with Crippen molar-refractivity contribution in [2.24, 2.45) is 10.7 Å². The summed E-state index contributed by atoms with van der Waals surface area (Å²) in [6, 6.07) is 5.03. The Bertz CT molecular complexity index is 1140. The van der Waals surface area contributed by atoms with Gasteiger partial charge in [-0.05, 0) is 33.6 Å². The molecule has 0 aliphatic rings. The largest absolute Gasteiger partial charge is 0.489 e. The van der Waals surface area contributed by atoms with Crippen molar-refractivity contribution in [3.05, 3.63) is 35.7 Å². The molecule has 4 N–H and O–H groups in total. The molecule has 0 unspecified atom stereocenters. The van der Waals surface area contributed by atoms with Gasteiger partial charge in [0.05, 0.1) is 38.7 Å². The molecule has 0 aromatic heterocycles. The van der Waals surface area contributed by atoms with Gasteiger partial charge in [-0.15, -0.1) is 0 Å². The summed E-state index contributed by atoms with van der Waals surface area (Å²) >= 11 is 0. The molecule has 0 heterocycles. The number of hydrogen-bond acceptors (Lipinski definition) is 11. The number of ether oxygens (including phenoxy) is 4. The van der Waals surface area contributed by atoms with E-state index in [2.05, 4.69) is 17.0 Å². The number of benzene rings is 1. The lowest BCUT2D eigenvalue weighted by atomic mass is 10.1. The fourth-order valence-corrected chi connectivity index (χ4v) is 3.58. The average molecular weight is 602 g/mol. The molecule has 0 atom stereocenters. The molecule has 0 fully saturated rings. The SMILES string of the molecule is C=N/C(=C\N)C(=O)Nc1cccc(CN(C)C(=O)OC(C)(C)C)c1OCCOCCOCCN(CC(=O)O)[SH](=O)=O. The van der Waals surface area contributed by atoms with E-state index in [1.807, 2.05) is 0 Å². The third-order valence-corrected chi connectivity index (χ3v) is 5.71. The van der Waals surface area contributed by atoms with Gasteiger partial charge in [0.1, 0.15) is 30.2 Å². The summed E-state index contributed by atoms with van der Waals surface area (Å²) in [6.07, 6.45) is 0.474. The standard InChI is InChI=1S/C25H39N5O10S/c1-25(2,3)40-24(34)29(5)16-18-7-6-8-19(28-23(33)20(15-26)27-4)22(18)39-14-13-38-12-11-37-10-9-30(41(35)36)17-21(31)32/h6-8,15,41H,4,9-14,16-17,26H2,1-3,5H3,(H,28,33)(H,31,32)/b20-15-. The second-order valence-corrected chi connectivity index (χ2v) is 10.4. The Kier molecular flexibility index (Phi) is 15.4. The number of nitrogens with zero attached hydrogens (tertiary/aromatic N) is 3. The Morgan fingerprint density at radius 1 is 1.12 bits per heavy atom. The lowest BCUT2D eigenvalue weighted by molar-refractivity contribution is -0.137. The molecule has 1 rings (SSSR count). The zero-order valence-corrected chi connectivity index (χ0v) is 24.6. The van der Waals surface area contributed by atoms with Gasteiger partial charge in [-0.2, -0.15) is 4.31 Å². The molecule has 0 bridgehead atoms. The van der Waals surface area contributed by atoms with Crippen molar-refractivity contribution in [2.45, 2.75) is 32.9 Å². The molecule has 230 valence electrons. The summed E-state index contributed by atoms with van der Waals surface area (Å²) in [6.45, 7) is 8.46. The number of amides is 2. The molecule has 0 aliphatic carbocycles. The molecule has 1 aromatic carbocycles. The van der Waals surface area contributed by atoms with Crippen LogP contribution in [-0.2, 0) is 41.2 Å². The first-order valence-corrected chi connectivity index (χ1v) is 13.6. The highest BCUT2D eigenvalue weighted by atomic mass is 32.2. The number of thiol groups is 1. The first-order chi connectivity index (χ1) is 19.3. The van der Waals surface area contributed by atoms with E-state index >= 15 is 0 Å². The first kappa shape index (κ1) is 35.3. The van der Waals surface area contributed by atoms with Crippen LogP contribution in [0.15, 0.2) is 35.1 Å². The van der Waals surface area contributed by atoms with Gasteiger partial charge in [-0.25, -0.2) is 13.2 Å². The Morgan fingerprint density at radius 3 is 2.32 bits per heavy atom. The molecular weight excluding hydrogens is 562 g/mol. The van der Waals surface area contributed by atoms with Crippen molar-refractivity contribution >= 4 is 41.3 Å². The summed E-state index contributed by atoms with van der Waals surface area (Å²) in [5, 5.41) is 11.4. The Labute approximate surface area is 241 Å². The van der Waals surface area contributed by atoms with Gasteiger partial charge in [0.25, 0.3) is 5.91 Å². The number of anilines is 1. The van der Waals surface area contributed by atoms with Crippen molar-refractivity contribution < 1.29 is 46.9 Å². The van der Waals surface area contributed by atoms with Crippen LogP contribution in [0.25, 0.3) is 0 Å². The van der Waals surface area contributed by atoms with Crippen molar-refractivity contribution in [3.8, 4) is 5.75 Å². The van der Waals surface area contributed by atoms with E-state index in [0.717, 1.165) is 10.5 Å². The van der Waals surface area contributed by atoms with Gasteiger partial charge < -0.3 is 40.0 Å². The van der Waals surface area contributed by atoms with E-state index < -0.39 is 41.0 Å². The molecular formula is C25H39N5O10S. The number of carbonyl (C=O) groups excluding carboxylic acids is 2. The number of hydrogen-bond donors (Lipinski definition) is 4. The van der Waals surface area contributed by atoms with Crippen molar-refractivity contribution in [3.63, 3.8) is 0 Å². The normalized spacial score (nSPS) is 11.8. The second kappa shape index (κ2) is 17.9. The molecule has 1 aromatic rings. The van der Waals surface area contributed by atoms with Crippen LogP contribution in [0.5, 0.6) is 5.75 Å². The smallest absolute Gasteiger partial charge is 0.410 e. The van der Waals surface area contributed by atoms with Gasteiger partial charge in [0.2, 0.25) is 10.9 Å². The highest BCUT2D eigenvalue weighted by molar-refractivity contribution is 7.69. The minimum absolute atomic E-state index is 0.00312. The van der Waals surface area contributed by atoms with Crippen molar-refractivity contribution in [2.75, 3.05) is 58.5 Å². The fourth-order valence-electron chi connectivity index (χ4n) is 3.09. The number of carbonyl (C=O) groups is 3. The monoisotopic (exact) mass is 601 g/mol. The van der Waals surface area contributed by atoms with E-state index in [-0.39, 0.29) is 51.8 Å². The van der Waals surface area contributed by atoms with Crippen LogP contribution in [0, 0.1) is 0 Å². The van der Waals surface area contributed by atoms with Crippen LogP contribution in [0.3, 0.4) is 0 Å². The van der Waals surface area contributed by atoms with Gasteiger partial charge in [0, 0.05) is 25.4 Å². The highest BCUT2D eigenvalue weighted by Crippen LogP contribution is 2.31. The number of nitrogens with two attached hydrogens (primary N) is 1. The summed E-state index contributed by atoms with van der Waals surface area (Å²) in [7, 11) is -1.46. The Balaban J connectivity index is 2.78. The summed E-state index contributed by atoms with van der Waals surface area (Å²) in [5.74, 6) is -1.58. The predicted octanol–water partition coefficient (Wildman–Crippen LogP) is 0.818. The number of carboxylic acids is 1. The molecule has 0 spiro atoms. The summed E-state index contributed by atoms with van der Waals surface area (Å²) < 4.78 is 45.0. The van der Waals surface area contributed by atoms with Crippen LogP contribution >= 0.6 is 0 Å². The Morgan fingerprint density at radius 2 is 1.76 bits per heavy atom. The number of rotatable bonds is 18. The predicted molar refractivity (Wildman–Crippen MR) is 151 cm³/mol. The molecule has 0 radical (unpaired) electrons. The number of para-hydroxylation sites is 1. The van der Waals surface area contributed by atoms with Crippen LogP contribution in [0.4, 0.5) is 10.5 Å². The lowest BCUT2D eigenvalue weighted by Gasteiger charge is -2.25. The lowest BCUT2D eigenvalue weighted by Crippen LogP contribution is -2.34. The minimum atomic E-state index is -3.03. The van der Waals surface area contributed by atoms with Crippen LogP contribution in [0.2, 0.25) is 0 Å². The third kappa shape index (κ3) is 13.9.